The summed E-state index contributed by atoms with van der Waals surface area (Å²) in [5, 5.41) is 0.603. The van der Waals surface area contributed by atoms with Crippen LogP contribution in [0.25, 0.3) is 0 Å². The summed E-state index contributed by atoms with van der Waals surface area (Å²) in [4.78, 5) is 26.5. The Bertz CT molecular complexity index is 829. The molecule has 0 aromatic heterocycles. The lowest BCUT2D eigenvalue weighted by Crippen LogP contribution is -2.32. The summed E-state index contributed by atoms with van der Waals surface area (Å²) in [6.07, 6.45) is 0.326. The number of hydrazine groups is 1. The predicted molar refractivity (Wildman–Crippen MR) is 96.0 cm³/mol. The third kappa shape index (κ3) is 3.78. The first-order valence-electron chi connectivity index (χ1n) is 7.51. The zero-order valence-corrected chi connectivity index (χ0v) is 14.7. The highest BCUT2D eigenvalue weighted by Crippen LogP contribution is 2.37. The van der Waals surface area contributed by atoms with E-state index in [0.29, 0.717) is 34.3 Å². The normalized spacial score (nSPS) is 14.0. The van der Waals surface area contributed by atoms with Crippen molar-refractivity contribution in [1.29, 1.82) is 0 Å². The molecule has 0 aliphatic carbocycles. The topological polar surface area (TPSA) is 75.4 Å². The number of benzene rings is 2. The maximum absolute atomic E-state index is 14.2. The highest BCUT2D eigenvalue weighted by molar-refractivity contribution is 7.99. The monoisotopic (exact) mass is 379 g/mol. The van der Waals surface area contributed by atoms with Gasteiger partial charge in [-0.05, 0) is 29.8 Å². The van der Waals surface area contributed by atoms with Crippen molar-refractivity contribution >= 4 is 40.9 Å². The molecular formula is C17H15ClFN3O2S. The van der Waals surface area contributed by atoms with Gasteiger partial charge in [0.1, 0.15) is 5.82 Å². The number of carbonyl (C=O) groups is 2. The standard InChI is InChI=1S/C17H15ClFN3O2S/c18-11-3-1-10(2-4-11)9-22-14-7-12(17(24)21-20)13(19)8-15(14)25-6-5-16(22)23/h1-4,7-8H,5-6,9,20H2,(H,21,24). The Morgan fingerprint density at radius 2 is 2.04 bits per heavy atom. The molecule has 130 valence electrons. The van der Waals surface area contributed by atoms with E-state index >= 15 is 0 Å². The fraction of sp³-hybridized carbons (Fsp3) is 0.176. The van der Waals surface area contributed by atoms with Gasteiger partial charge in [-0.15, -0.1) is 11.8 Å². The van der Waals surface area contributed by atoms with E-state index in [-0.39, 0.29) is 11.5 Å². The van der Waals surface area contributed by atoms with Crippen LogP contribution in [0.1, 0.15) is 22.3 Å². The van der Waals surface area contributed by atoms with Crippen LogP contribution in [0.2, 0.25) is 5.02 Å². The number of fused-ring (bicyclic) bond motifs is 1. The first kappa shape index (κ1) is 17.7. The van der Waals surface area contributed by atoms with Crippen LogP contribution in [0.5, 0.6) is 0 Å². The predicted octanol–water partition coefficient (Wildman–Crippen LogP) is 3.11. The molecule has 0 radical (unpaired) electrons. The quantitative estimate of drug-likeness (QED) is 0.488. The minimum Gasteiger partial charge on any atom is -0.307 e. The van der Waals surface area contributed by atoms with Crippen LogP contribution in [-0.4, -0.2) is 17.6 Å². The van der Waals surface area contributed by atoms with Gasteiger partial charge in [-0.3, -0.25) is 15.0 Å². The molecule has 2 amide bonds. The summed E-state index contributed by atoms with van der Waals surface area (Å²) in [6.45, 7) is 0.304. The summed E-state index contributed by atoms with van der Waals surface area (Å²) >= 11 is 7.28. The number of rotatable bonds is 3. The van der Waals surface area contributed by atoms with E-state index in [2.05, 4.69) is 0 Å². The van der Waals surface area contributed by atoms with Gasteiger partial charge in [0.15, 0.2) is 0 Å². The molecule has 0 atom stereocenters. The Morgan fingerprint density at radius 1 is 1.32 bits per heavy atom. The van der Waals surface area contributed by atoms with Crippen molar-refractivity contribution in [2.75, 3.05) is 10.7 Å². The van der Waals surface area contributed by atoms with Gasteiger partial charge in [0.25, 0.3) is 5.91 Å². The van der Waals surface area contributed by atoms with Crippen molar-refractivity contribution in [2.45, 2.75) is 17.9 Å². The molecule has 8 heteroatoms. The number of thioether (sulfide) groups is 1. The molecule has 0 saturated heterocycles. The van der Waals surface area contributed by atoms with Crippen molar-refractivity contribution < 1.29 is 14.0 Å². The van der Waals surface area contributed by atoms with E-state index in [1.807, 2.05) is 17.6 Å². The Labute approximate surface area is 153 Å². The van der Waals surface area contributed by atoms with E-state index in [4.69, 9.17) is 17.4 Å². The second kappa shape index (κ2) is 7.43. The van der Waals surface area contributed by atoms with E-state index in [9.17, 15) is 14.0 Å². The number of halogens is 2. The SMILES string of the molecule is NNC(=O)c1cc2c(cc1F)SCCC(=O)N2Cc1ccc(Cl)cc1. The molecule has 25 heavy (non-hydrogen) atoms. The number of nitrogens with zero attached hydrogens (tertiary/aromatic N) is 1. The zero-order valence-electron chi connectivity index (χ0n) is 13.1. The summed E-state index contributed by atoms with van der Waals surface area (Å²) in [6, 6.07) is 9.78. The molecule has 1 aliphatic heterocycles. The molecule has 1 aliphatic rings. The lowest BCUT2D eigenvalue weighted by molar-refractivity contribution is -0.118. The molecule has 0 fully saturated rings. The van der Waals surface area contributed by atoms with E-state index in [1.54, 1.807) is 17.0 Å². The van der Waals surface area contributed by atoms with Gasteiger partial charge in [-0.2, -0.15) is 0 Å². The highest BCUT2D eigenvalue weighted by atomic mass is 35.5. The number of hydrogen-bond donors (Lipinski definition) is 2. The van der Waals surface area contributed by atoms with Crippen LogP contribution in [-0.2, 0) is 11.3 Å². The van der Waals surface area contributed by atoms with Gasteiger partial charge in [-0.1, -0.05) is 23.7 Å². The molecule has 5 nitrogen and oxygen atoms in total. The molecule has 0 saturated carbocycles. The van der Waals surface area contributed by atoms with Gasteiger partial charge >= 0.3 is 0 Å². The number of anilines is 1. The van der Waals surface area contributed by atoms with Gasteiger partial charge in [0, 0.05) is 22.1 Å². The smallest absolute Gasteiger partial charge is 0.268 e. The summed E-state index contributed by atoms with van der Waals surface area (Å²) in [5.74, 6) is 4.16. The average Bonchev–Trinajstić information content (AvgIpc) is 2.74. The fourth-order valence-corrected chi connectivity index (χ4v) is 3.71. The molecule has 2 aromatic rings. The van der Waals surface area contributed by atoms with E-state index in [1.165, 1.54) is 23.9 Å². The minimum absolute atomic E-state index is 0.0908. The summed E-state index contributed by atoms with van der Waals surface area (Å²) < 4.78 is 14.2. The number of hydrogen-bond acceptors (Lipinski definition) is 4. The highest BCUT2D eigenvalue weighted by Gasteiger charge is 2.26. The summed E-state index contributed by atoms with van der Waals surface area (Å²) in [5.41, 5.74) is 3.11. The maximum Gasteiger partial charge on any atom is 0.268 e. The molecule has 0 spiro atoms. The first-order chi connectivity index (χ1) is 12.0. The average molecular weight is 380 g/mol. The lowest BCUT2D eigenvalue weighted by Gasteiger charge is -2.23. The van der Waals surface area contributed by atoms with Crippen LogP contribution in [0.4, 0.5) is 10.1 Å². The van der Waals surface area contributed by atoms with Crippen LogP contribution < -0.4 is 16.2 Å². The molecule has 3 rings (SSSR count). The van der Waals surface area contributed by atoms with Crippen molar-refractivity contribution in [2.24, 2.45) is 5.84 Å². The second-order valence-corrected chi connectivity index (χ2v) is 7.05. The number of nitrogen functional groups attached to an aromatic ring is 1. The molecule has 1 heterocycles. The second-order valence-electron chi connectivity index (χ2n) is 5.48. The fourth-order valence-electron chi connectivity index (χ4n) is 2.59. The lowest BCUT2D eigenvalue weighted by atomic mass is 10.1. The molecule has 3 N–H and O–H groups in total. The third-order valence-corrected chi connectivity index (χ3v) is 5.14. The van der Waals surface area contributed by atoms with Crippen LogP contribution in [0.15, 0.2) is 41.3 Å². The first-order valence-corrected chi connectivity index (χ1v) is 8.88. The van der Waals surface area contributed by atoms with E-state index in [0.717, 1.165) is 5.56 Å². The largest absolute Gasteiger partial charge is 0.307 e. The Kier molecular flexibility index (Phi) is 5.27. The molecular weight excluding hydrogens is 365 g/mol. The summed E-state index contributed by atoms with van der Waals surface area (Å²) in [7, 11) is 0. The third-order valence-electron chi connectivity index (χ3n) is 3.84. The van der Waals surface area contributed by atoms with Crippen LogP contribution >= 0.6 is 23.4 Å². The Morgan fingerprint density at radius 3 is 2.72 bits per heavy atom. The Balaban J connectivity index is 2.04. The van der Waals surface area contributed by atoms with Gasteiger partial charge in [-0.25, -0.2) is 10.2 Å². The van der Waals surface area contributed by atoms with Gasteiger partial charge in [0.05, 0.1) is 17.8 Å². The number of nitrogens with two attached hydrogens (primary N) is 1. The maximum atomic E-state index is 14.2. The van der Waals surface area contributed by atoms with Gasteiger partial charge < -0.3 is 4.90 Å². The Hall–Kier alpha value is -2.09. The molecule has 2 aromatic carbocycles. The van der Waals surface area contributed by atoms with E-state index < -0.39 is 11.7 Å². The number of amides is 2. The van der Waals surface area contributed by atoms with Crippen molar-refractivity contribution in [3.63, 3.8) is 0 Å². The van der Waals surface area contributed by atoms with Crippen LogP contribution in [0, 0.1) is 5.82 Å². The number of nitrogens with one attached hydrogen (secondary N) is 1. The van der Waals surface area contributed by atoms with Gasteiger partial charge in [0.2, 0.25) is 5.91 Å². The van der Waals surface area contributed by atoms with Crippen LogP contribution in [0.3, 0.4) is 0 Å². The number of carbonyl (C=O) groups excluding carboxylic acids is 2. The zero-order chi connectivity index (χ0) is 18.0. The van der Waals surface area contributed by atoms with Crippen molar-refractivity contribution in [1.82, 2.24) is 5.43 Å². The van der Waals surface area contributed by atoms with Crippen molar-refractivity contribution in [3.05, 3.63) is 58.4 Å². The minimum atomic E-state index is -0.742. The molecule has 0 bridgehead atoms. The van der Waals surface area contributed by atoms with Crippen molar-refractivity contribution in [3.8, 4) is 0 Å². The molecule has 0 unspecified atom stereocenters.